The Balaban J connectivity index is 2.23. The third-order valence-electron chi connectivity index (χ3n) is 3.75. The Kier molecular flexibility index (Phi) is 4.92. The summed E-state index contributed by atoms with van der Waals surface area (Å²) in [5.74, 6) is -1.63. The highest BCUT2D eigenvalue weighted by atomic mass is 19.1. The van der Waals surface area contributed by atoms with Crippen molar-refractivity contribution in [3.05, 3.63) is 35.6 Å². The summed E-state index contributed by atoms with van der Waals surface area (Å²) in [6, 6.07) is 6.08. The first kappa shape index (κ1) is 17.2. The number of rotatable bonds is 2. The lowest BCUT2D eigenvalue weighted by Gasteiger charge is -2.24. The summed E-state index contributed by atoms with van der Waals surface area (Å²) in [5.41, 5.74) is 0.0564. The molecule has 6 heteroatoms. The fourth-order valence-electron chi connectivity index (χ4n) is 2.74. The van der Waals surface area contributed by atoms with E-state index in [9.17, 15) is 14.0 Å². The number of hydrogen-bond acceptors (Lipinski definition) is 4. The zero-order chi connectivity index (χ0) is 17.2. The monoisotopic (exact) mass is 323 g/mol. The lowest BCUT2D eigenvalue weighted by atomic mass is 9.89. The Morgan fingerprint density at radius 3 is 2.52 bits per heavy atom. The molecule has 0 aliphatic carbocycles. The summed E-state index contributed by atoms with van der Waals surface area (Å²) in [5, 5.41) is 0. The van der Waals surface area contributed by atoms with Crippen molar-refractivity contribution in [2.45, 2.75) is 32.3 Å². The summed E-state index contributed by atoms with van der Waals surface area (Å²) in [7, 11) is 1.31. The number of amides is 1. The number of esters is 1. The first-order chi connectivity index (χ1) is 10.7. The Morgan fingerprint density at radius 1 is 1.26 bits per heavy atom. The van der Waals surface area contributed by atoms with Gasteiger partial charge in [0.05, 0.1) is 13.0 Å². The van der Waals surface area contributed by atoms with Crippen LogP contribution < -0.4 is 0 Å². The van der Waals surface area contributed by atoms with E-state index < -0.39 is 23.6 Å². The first-order valence-electron chi connectivity index (χ1n) is 7.52. The average molecular weight is 323 g/mol. The van der Waals surface area contributed by atoms with Crippen LogP contribution in [0.3, 0.4) is 0 Å². The zero-order valence-corrected chi connectivity index (χ0v) is 13.8. The van der Waals surface area contributed by atoms with Gasteiger partial charge in [0.25, 0.3) is 0 Å². The number of carbonyl (C=O) groups is 2. The van der Waals surface area contributed by atoms with E-state index in [0.29, 0.717) is 5.56 Å². The molecule has 1 aliphatic rings. The molecule has 1 amide bonds. The van der Waals surface area contributed by atoms with Crippen LogP contribution >= 0.6 is 0 Å². The molecule has 0 radical (unpaired) electrons. The van der Waals surface area contributed by atoms with Gasteiger partial charge in [-0.3, -0.25) is 4.79 Å². The van der Waals surface area contributed by atoms with Gasteiger partial charge in [0.2, 0.25) is 0 Å². The molecular formula is C17H22FNO4. The van der Waals surface area contributed by atoms with Crippen LogP contribution in [0.1, 0.15) is 32.3 Å². The van der Waals surface area contributed by atoms with Gasteiger partial charge < -0.3 is 14.4 Å². The minimum atomic E-state index is -0.616. The number of benzene rings is 1. The number of carbonyl (C=O) groups excluding carboxylic acids is 2. The minimum absolute atomic E-state index is 0.197. The minimum Gasteiger partial charge on any atom is -0.469 e. The number of ether oxygens (including phenoxy) is 2. The molecule has 23 heavy (non-hydrogen) atoms. The van der Waals surface area contributed by atoms with E-state index in [-0.39, 0.29) is 24.8 Å². The average Bonchev–Trinajstić information content (AvgIpc) is 2.90. The van der Waals surface area contributed by atoms with Crippen molar-refractivity contribution < 1.29 is 23.5 Å². The van der Waals surface area contributed by atoms with Gasteiger partial charge in [-0.05, 0) is 38.5 Å². The maximum atomic E-state index is 13.5. The van der Waals surface area contributed by atoms with Crippen molar-refractivity contribution in [1.29, 1.82) is 0 Å². The van der Waals surface area contributed by atoms with Gasteiger partial charge in [-0.1, -0.05) is 12.1 Å². The number of likely N-dealkylation sites (tertiary alicyclic amines) is 1. The maximum Gasteiger partial charge on any atom is 0.410 e. The van der Waals surface area contributed by atoms with Gasteiger partial charge in [-0.15, -0.1) is 0 Å². The molecule has 0 bridgehead atoms. The smallest absolute Gasteiger partial charge is 0.410 e. The number of nitrogens with zero attached hydrogens (tertiary/aromatic N) is 1. The molecular weight excluding hydrogens is 301 g/mol. The molecule has 0 aromatic heterocycles. The molecule has 1 aromatic carbocycles. The number of hydrogen-bond donors (Lipinski definition) is 0. The predicted molar refractivity (Wildman–Crippen MR) is 82.5 cm³/mol. The number of methoxy groups -OCH3 is 1. The van der Waals surface area contributed by atoms with E-state index >= 15 is 0 Å². The van der Waals surface area contributed by atoms with Crippen LogP contribution in [-0.4, -0.2) is 42.8 Å². The van der Waals surface area contributed by atoms with Gasteiger partial charge >= 0.3 is 12.1 Å². The molecule has 2 rings (SSSR count). The van der Waals surface area contributed by atoms with Crippen LogP contribution in [0.25, 0.3) is 0 Å². The quantitative estimate of drug-likeness (QED) is 0.785. The van der Waals surface area contributed by atoms with E-state index in [0.717, 1.165) is 0 Å². The third kappa shape index (κ3) is 4.21. The zero-order valence-electron chi connectivity index (χ0n) is 13.8. The van der Waals surface area contributed by atoms with Crippen LogP contribution in [0.5, 0.6) is 0 Å². The lowest BCUT2D eigenvalue weighted by Crippen LogP contribution is -2.36. The van der Waals surface area contributed by atoms with Crippen molar-refractivity contribution >= 4 is 12.1 Å². The van der Waals surface area contributed by atoms with Gasteiger partial charge in [0, 0.05) is 19.0 Å². The fraction of sp³-hybridized carbons (Fsp3) is 0.529. The molecule has 0 N–H and O–H groups in total. The second-order valence-electron chi connectivity index (χ2n) is 6.68. The summed E-state index contributed by atoms with van der Waals surface area (Å²) in [6.07, 6.45) is -0.481. The Morgan fingerprint density at radius 2 is 1.96 bits per heavy atom. The molecule has 1 fully saturated rings. The van der Waals surface area contributed by atoms with Crippen molar-refractivity contribution in [1.82, 2.24) is 4.90 Å². The molecule has 126 valence electrons. The maximum absolute atomic E-state index is 13.5. The second-order valence-corrected chi connectivity index (χ2v) is 6.68. The summed E-state index contributed by atoms with van der Waals surface area (Å²) in [6.45, 7) is 5.83. The van der Waals surface area contributed by atoms with Gasteiger partial charge in [0.1, 0.15) is 11.4 Å². The Hall–Kier alpha value is -2.11. The van der Waals surface area contributed by atoms with E-state index in [4.69, 9.17) is 9.47 Å². The largest absolute Gasteiger partial charge is 0.469 e. The molecule has 2 atom stereocenters. The second kappa shape index (κ2) is 6.56. The van der Waals surface area contributed by atoms with Crippen LogP contribution in [0.4, 0.5) is 9.18 Å². The van der Waals surface area contributed by atoms with E-state index in [1.807, 2.05) is 0 Å². The van der Waals surface area contributed by atoms with Crippen molar-refractivity contribution in [3.63, 3.8) is 0 Å². The van der Waals surface area contributed by atoms with E-state index in [2.05, 4.69) is 0 Å². The predicted octanol–water partition coefficient (Wildman–Crippen LogP) is 2.95. The van der Waals surface area contributed by atoms with E-state index in [1.165, 1.54) is 24.1 Å². The molecule has 1 aromatic rings. The van der Waals surface area contributed by atoms with Crippen molar-refractivity contribution in [2.75, 3.05) is 20.2 Å². The Bertz CT molecular complexity index is 597. The summed E-state index contributed by atoms with van der Waals surface area (Å²) in [4.78, 5) is 25.8. The van der Waals surface area contributed by atoms with Gasteiger partial charge in [-0.2, -0.15) is 0 Å². The number of halogens is 1. The lowest BCUT2D eigenvalue weighted by molar-refractivity contribution is -0.145. The van der Waals surface area contributed by atoms with E-state index in [1.54, 1.807) is 32.9 Å². The van der Waals surface area contributed by atoms with Gasteiger partial charge in [0.15, 0.2) is 0 Å². The SMILES string of the molecule is COC(=O)[C@H]1CN(C(=O)OC(C)(C)C)C[C@@H]1c1cccc(F)c1. The van der Waals surface area contributed by atoms with Crippen molar-refractivity contribution in [3.8, 4) is 0 Å². The molecule has 5 nitrogen and oxygen atoms in total. The molecule has 0 saturated carbocycles. The highest BCUT2D eigenvalue weighted by molar-refractivity contribution is 5.77. The molecule has 0 spiro atoms. The normalized spacial score (nSPS) is 21.2. The molecule has 0 unspecified atom stereocenters. The third-order valence-corrected chi connectivity index (χ3v) is 3.75. The van der Waals surface area contributed by atoms with Gasteiger partial charge in [-0.25, -0.2) is 9.18 Å². The van der Waals surface area contributed by atoms with Crippen LogP contribution in [0, 0.1) is 11.7 Å². The van der Waals surface area contributed by atoms with Crippen molar-refractivity contribution in [2.24, 2.45) is 5.92 Å². The molecule has 1 heterocycles. The highest BCUT2D eigenvalue weighted by Gasteiger charge is 2.42. The first-order valence-corrected chi connectivity index (χ1v) is 7.52. The standard InChI is InChI=1S/C17H22FNO4/c1-17(2,3)23-16(21)19-9-13(14(10-19)15(20)22-4)11-6-5-7-12(18)8-11/h5-8,13-14H,9-10H2,1-4H3/t13-,14+/m1/s1. The van der Waals surface area contributed by atoms with Crippen LogP contribution in [0.15, 0.2) is 24.3 Å². The highest BCUT2D eigenvalue weighted by Crippen LogP contribution is 2.34. The fourth-order valence-corrected chi connectivity index (χ4v) is 2.74. The van der Waals surface area contributed by atoms with Crippen LogP contribution in [-0.2, 0) is 14.3 Å². The summed E-state index contributed by atoms with van der Waals surface area (Å²) < 4.78 is 23.7. The summed E-state index contributed by atoms with van der Waals surface area (Å²) >= 11 is 0. The topological polar surface area (TPSA) is 55.8 Å². The van der Waals surface area contributed by atoms with Crippen LogP contribution in [0.2, 0.25) is 0 Å². The molecule has 1 saturated heterocycles. The Labute approximate surface area is 135 Å². The molecule has 1 aliphatic heterocycles.